The number of hydrogen-bond donors (Lipinski definition) is 1. The number of hydrogen-bond acceptors (Lipinski definition) is 3. The van der Waals surface area contributed by atoms with Crippen LogP contribution in [-0.4, -0.2) is 21.7 Å². The summed E-state index contributed by atoms with van der Waals surface area (Å²) >= 11 is 0. The Balaban J connectivity index is 1.75. The lowest BCUT2D eigenvalue weighted by atomic mass is 9.87. The zero-order valence-electron chi connectivity index (χ0n) is 13.7. The van der Waals surface area contributed by atoms with Gasteiger partial charge >= 0.3 is 0 Å². The molecule has 0 bridgehead atoms. The van der Waals surface area contributed by atoms with Gasteiger partial charge < -0.3 is 5.32 Å². The Bertz CT molecular complexity index is 773. The highest BCUT2D eigenvalue weighted by Gasteiger charge is 2.20. The number of carbonyl (C=O) groups is 1. The maximum absolute atomic E-state index is 12.5. The third-order valence-corrected chi connectivity index (χ3v) is 4.73. The van der Waals surface area contributed by atoms with E-state index in [0.717, 1.165) is 42.7 Å². The van der Waals surface area contributed by atoms with Crippen LogP contribution in [0.3, 0.4) is 0 Å². The summed E-state index contributed by atoms with van der Waals surface area (Å²) in [6, 6.07) is 7.61. The first kappa shape index (κ1) is 15.7. The molecule has 1 heterocycles. The van der Waals surface area contributed by atoms with Crippen molar-refractivity contribution in [1.29, 1.82) is 0 Å². The average molecular weight is 313 g/mol. The quantitative estimate of drug-likeness (QED) is 0.946. The van der Waals surface area contributed by atoms with Crippen molar-refractivity contribution < 1.29 is 4.79 Å². The lowest BCUT2D eigenvalue weighted by Crippen LogP contribution is -2.41. The Morgan fingerprint density at radius 3 is 2.57 bits per heavy atom. The fraction of sp³-hybridized carbons (Fsp3) is 0.500. The first-order chi connectivity index (χ1) is 11.0. The molecule has 0 spiro atoms. The highest BCUT2D eigenvalue weighted by atomic mass is 16.2. The molecule has 1 amide bonds. The number of nitrogens with zero attached hydrogens (tertiary/aromatic N) is 2. The van der Waals surface area contributed by atoms with Crippen molar-refractivity contribution in [2.24, 2.45) is 5.92 Å². The van der Waals surface area contributed by atoms with Crippen LogP contribution in [0.5, 0.6) is 0 Å². The van der Waals surface area contributed by atoms with Crippen LogP contribution in [0.2, 0.25) is 0 Å². The minimum atomic E-state index is -0.210. The molecule has 122 valence electrons. The number of amides is 1. The summed E-state index contributed by atoms with van der Waals surface area (Å²) in [5.41, 5.74) is 0.554. The number of aromatic nitrogens is 2. The van der Waals surface area contributed by atoms with Gasteiger partial charge in [-0.25, -0.2) is 4.68 Å². The molecule has 0 aliphatic heterocycles. The summed E-state index contributed by atoms with van der Waals surface area (Å²) in [5, 5.41) is 8.79. The molecule has 0 saturated heterocycles. The predicted molar refractivity (Wildman–Crippen MR) is 90.3 cm³/mol. The molecule has 0 radical (unpaired) electrons. The SMILES string of the molecule is Cc1nn(CC(=O)NC2CCC(C)CC2)c(=O)c2ccccc12. The maximum Gasteiger partial charge on any atom is 0.275 e. The molecule has 1 fully saturated rings. The van der Waals surface area contributed by atoms with Gasteiger partial charge in [-0.15, -0.1) is 0 Å². The molecule has 1 aliphatic carbocycles. The normalized spacial score (nSPS) is 21.3. The first-order valence-electron chi connectivity index (χ1n) is 8.30. The maximum atomic E-state index is 12.5. The van der Waals surface area contributed by atoms with Gasteiger partial charge in [0.05, 0.1) is 11.1 Å². The van der Waals surface area contributed by atoms with Crippen LogP contribution in [0, 0.1) is 12.8 Å². The molecule has 1 aliphatic rings. The van der Waals surface area contributed by atoms with Crippen molar-refractivity contribution in [3.05, 3.63) is 40.3 Å². The molecule has 0 unspecified atom stereocenters. The number of benzene rings is 1. The Morgan fingerprint density at radius 2 is 1.87 bits per heavy atom. The molecule has 0 atom stereocenters. The predicted octanol–water partition coefficient (Wildman–Crippen LogP) is 2.40. The van der Waals surface area contributed by atoms with Crippen LogP contribution in [0.25, 0.3) is 10.8 Å². The zero-order valence-corrected chi connectivity index (χ0v) is 13.7. The summed E-state index contributed by atoms with van der Waals surface area (Å²) in [7, 11) is 0. The van der Waals surface area contributed by atoms with Crippen molar-refractivity contribution in [2.75, 3.05) is 0 Å². The van der Waals surface area contributed by atoms with Crippen molar-refractivity contribution in [3.63, 3.8) is 0 Å². The number of rotatable bonds is 3. The van der Waals surface area contributed by atoms with Gasteiger partial charge in [0.25, 0.3) is 5.56 Å². The van der Waals surface area contributed by atoms with Gasteiger partial charge in [0.2, 0.25) is 5.91 Å². The van der Waals surface area contributed by atoms with Gasteiger partial charge in [-0.05, 0) is 44.6 Å². The fourth-order valence-electron chi connectivity index (χ4n) is 3.33. The first-order valence-corrected chi connectivity index (χ1v) is 8.30. The third kappa shape index (κ3) is 3.44. The van der Waals surface area contributed by atoms with Crippen LogP contribution < -0.4 is 10.9 Å². The van der Waals surface area contributed by atoms with Gasteiger partial charge in [-0.3, -0.25) is 9.59 Å². The second-order valence-electron chi connectivity index (χ2n) is 6.62. The lowest BCUT2D eigenvalue weighted by molar-refractivity contribution is -0.122. The van der Waals surface area contributed by atoms with E-state index in [4.69, 9.17) is 0 Å². The molecule has 5 nitrogen and oxygen atoms in total. The number of fused-ring (bicyclic) bond motifs is 1. The summed E-state index contributed by atoms with van der Waals surface area (Å²) in [6.07, 6.45) is 4.34. The molecule has 1 aromatic heterocycles. The highest BCUT2D eigenvalue weighted by molar-refractivity contribution is 5.83. The second kappa shape index (κ2) is 6.52. The molecule has 5 heteroatoms. The van der Waals surface area contributed by atoms with Gasteiger partial charge in [0.1, 0.15) is 6.54 Å². The molecule has 1 saturated carbocycles. The number of carbonyl (C=O) groups excluding carboxylic acids is 1. The van der Waals surface area contributed by atoms with E-state index in [1.165, 1.54) is 4.68 Å². The van der Waals surface area contributed by atoms with E-state index >= 15 is 0 Å². The van der Waals surface area contributed by atoms with E-state index < -0.39 is 0 Å². The van der Waals surface area contributed by atoms with Crippen LogP contribution in [0.1, 0.15) is 38.3 Å². The topological polar surface area (TPSA) is 64.0 Å². The molecular formula is C18H23N3O2. The van der Waals surface area contributed by atoms with E-state index in [-0.39, 0.29) is 24.1 Å². The minimum Gasteiger partial charge on any atom is -0.352 e. The second-order valence-corrected chi connectivity index (χ2v) is 6.62. The zero-order chi connectivity index (χ0) is 16.4. The van der Waals surface area contributed by atoms with Crippen LogP contribution in [-0.2, 0) is 11.3 Å². The van der Waals surface area contributed by atoms with Crippen LogP contribution in [0.4, 0.5) is 0 Å². The van der Waals surface area contributed by atoms with Gasteiger partial charge in [0, 0.05) is 11.4 Å². The Kier molecular flexibility index (Phi) is 4.46. The summed E-state index contributed by atoms with van der Waals surface area (Å²) in [5.74, 6) is 0.615. The van der Waals surface area contributed by atoms with Crippen LogP contribution in [0.15, 0.2) is 29.1 Å². The summed E-state index contributed by atoms with van der Waals surface area (Å²) < 4.78 is 1.28. The monoisotopic (exact) mass is 313 g/mol. The largest absolute Gasteiger partial charge is 0.352 e. The smallest absolute Gasteiger partial charge is 0.275 e. The van der Waals surface area contributed by atoms with Crippen LogP contribution >= 0.6 is 0 Å². The Morgan fingerprint density at radius 1 is 1.22 bits per heavy atom. The molecule has 1 aromatic carbocycles. The van der Waals surface area contributed by atoms with Crippen molar-refractivity contribution in [3.8, 4) is 0 Å². The molecule has 3 rings (SSSR count). The van der Waals surface area contributed by atoms with Crippen molar-refractivity contribution in [2.45, 2.75) is 52.1 Å². The average Bonchev–Trinajstić information content (AvgIpc) is 2.54. The molecule has 23 heavy (non-hydrogen) atoms. The van der Waals surface area contributed by atoms with E-state index in [1.807, 2.05) is 25.1 Å². The van der Waals surface area contributed by atoms with E-state index in [2.05, 4.69) is 17.3 Å². The van der Waals surface area contributed by atoms with E-state index in [0.29, 0.717) is 5.39 Å². The van der Waals surface area contributed by atoms with Crippen molar-refractivity contribution >= 4 is 16.7 Å². The lowest BCUT2D eigenvalue weighted by Gasteiger charge is -2.26. The van der Waals surface area contributed by atoms with E-state index in [1.54, 1.807) is 6.07 Å². The summed E-state index contributed by atoms with van der Waals surface area (Å²) in [6.45, 7) is 4.09. The van der Waals surface area contributed by atoms with Gasteiger partial charge in [-0.1, -0.05) is 25.1 Å². The van der Waals surface area contributed by atoms with Crippen molar-refractivity contribution in [1.82, 2.24) is 15.1 Å². The standard InChI is InChI=1S/C18H23N3O2/c1-12-7-9-14(10-8-12)19-17(22)11-21-18(23)16-6-4-3-5-15(16)13(2)20-21/h3-6,12,14H,7-11H2,1-2H3,(H,19,22). The molecule has 2 aromatic rings. The third-order valence-electron chi connectivity index (χ3n) is 4.73. The fourth-order valence-corrected chi connectivity index (χ4v) is 3.33. The highest BCUT2D eigenvalue weighted by Crippen LogP contribution is 2.23. The Labute approximate surface area is 135 Å². The molecule has 1 N–H and O–H groups in total. The molecular weight excluding hydrogens is 290 g/mol. The van der Waals surface area contributed by atoms with E-state index in [9.17, 15) is 9.59 Å². The number of nitrogens with one attached hydrogen (secondary N) is 1. The summed E-state index contributed by atoms with van der Waals surface area (Å²) in [4.78, 5) is 24.7. The number of aryl methyl sites for hydroxylation is 1. The minimum absolute atomic E-state index is 0.0173. The van der Waals surface area contributed by atoms with Gasteiger partial charge in [-0.2, -0.15) is 5.10 Å². The van der Waals surface area contributed by atoms with Gasteiger partial charge in [0.15, 0.2) is 0 Å². The Hall–Kier alpha value is -2.17.